The van der Waals surface area contributed by atoms with Gasteiger partial charge in [0, 0.05) is 18.9 Å². The predicted octanol–water partition coefficient (Wildman–Crippen LogP) is 3.09. The SMILES string of the molecule is COC(=O)c1nc(-c2cncc3c2ncn3C)c(OC)nc1Nc1ccc(OC2CCNCC2)cc1. The minimum absolute atomic E-state index is 0.0104. The first kappa shape index (κ1) is 23.5. The molecule has 1 aromatic carbocycles. The van der Waals surface area contributed by atoms with Crippen molar-refractivity contribution in [3.05, 3.63) is 48.7 Å². The number of hydrogen-bond acceptors (Lipinski definition) is 10. The molecule has 0 radical (unpaired) electrons. The van der Waals surface area contributed by atoms with Gasteiger partial charge in [-0.1, -0.05) is 0 Å². The van der Waals surface area contributed by atoms with E-state index in [1.54, 1.807) is 18.7 Å². The van der Waals surface area contributed by atoms with Gasteiger partial charge in [0.1, 0.15) is 23.1 Å². The molecule has 4 aromatic rings. The Balaban J connectivity index is 1.48. The van der Waals surface area contributed by atoms with Crippen LogP contribution in [0.3, 0.4) is 0 Å². The molecule has 0 spiro atoms. The number of aryl methyl sites for hydroxylation is 1. The number of rotatable bonds is 7. The number of benzene rings is 1. The average molecular weight is 490 g/mol. The topological polar surface area (TPSA) is 125 Å². The van der Waals surface area contributed by atoms with E-state index in [1.807, 2.05) is 35.9 Å². The molecule has 0 saturated carbocycles. The number of imidazole rings is 1. The Hall–Kier alpha value is -4.25. The Bertz CT molecular complexity index is 1380. The molecular formula is C25H27N7O4. The van der Waals surface area contributed by atoms with Gasteiger partial charge < -0.3 is 29.4 Å². The third-order valence-corrected chi connectivity index (χ3v) is 6.04. The third kappa shape index (κ3) is 4.65. The standard InChI is InChI=1S/C25H27N7O4/c1-32-14-28-20-18(12-27-13-19(20)32)21-24(34-2)31-23(22(30-21)25(33)35-3)29-15-4-6-16(7-5-15)36-17-8-10-26-11-9-17/h4-7,12-14,17,26H,8-11H2,1-3H3,(H,29,31). The smallest absolute Gasteiger partial charge is 0.360 e. The molecule has 2 N–H and O–H groups in total. The number of carbonyl (C=O) groups excluding carboxylic acids is 1. The first-order valence-corrected chi connectivity index (χ1v) is 11.6. The number of nitrogens with one attached hydrogen (secondary N) is 2. The maximum atomic E-state index is 12.7. The number of fused-ring (bicyclic) bond motifs is 1. The lowest BCUT2D eigenvalue weighted by atomic mass is 10.1. The van der Waals surface area contributed by atoms with Crippen LogP contribution in [-0.2, 0) is 11.8 Å². The van der Waals surface area contributed by atoms with Gasteiger partial charge in [-0.15, -0.1) is 0 Å². The van der Waals surface area contributed by atoms with Crippen LogP contribution in [0.5, 0.6) is 11.6 Å². The van der Waals surface area contributed by atoms with Crippen LogP contribution in [0, 0.1) is 0 Å². The second-order valence-corrected chi connectivity index (χ2v) is 8.40. The van der Waals surface area contributed by atoms with E-state index >= 15 is 0 Å². The maximum Gasteiger partial charge on any atom is 0.360 e. The van der Waals surface area contributed by atoms with Gasteiger partial charge >= 0.3 is 5.97 Å². The molecule has 0 aliphatic carbocycles. The highest BCUT2D eigenvalue weighted by Gasteiger charge is 2.24. The maximum absolute atomic E-state index is 12.7. The molecule has 0 unspecified atom stereocenters. The van der Waals surface area contributed by atoms with E-state index in [0.717, 1.165) is 37.2 Å². The van der Waals surface area contributed by atoms with Crippen molar-refractivity contribution in [2.24, 2.45) is 7.05 Å². The number of piperidine rings is 1. The number of pyridine rings is 1. The second kappa shape index (κ2) is 10.2. The van der Waals surface area contributed by atoms with Crippen LogP contribution < -0.4 is 20.1 Å². The molecule has 0 amide bonds. The molecule has 1 aliphatic heterocycles. The summed E-state index contributed by atoms with van der Waals surface area (Å²) in [6.07, 6.45) is 7.18. The van der Waals surface area contributed by atoms with E-state index in [0.29, 0.717) is 22.5 Å². The van der Waals surface area contributed by atoms with Crippen molar-refractivity contribution in [3.8, 4) is 22.9 Å². The number of nitrogens with zero attached hydrogens (tertiary/aromatic N) is 5. The summed E-state index contributed by atoms with van der Waals surface area (Å²) >= 11 is 0. The molecule has 0 bridgehead atoms. The van der Waals surface area contributed by atoms with Crippen molar-refractivity contribution in [3.63, 3.8) is 0 Å². The zero-order valence-electron chi connectivity index (χ0n) is 20.3. The van der Waals surface area contributed by atoms with Crippen LogP contribution in [0.15, 0.2) is 43.0 Å². The second-order valence-electron chi connectivity index (χ2n) is 8.40. The van der Waals surface area contributed by atoms with E-state index in [4.69, 9.17) is 14.2 Å². The van der Waals surface area contributed by atoms with Gasteiger partial charge in [-0.3, -0.25) is 4.98 Å². The summed E-state index contributed by atoms with van der Waals surface area (Å²) in [5, 5.41) is 6.49. The fourth-order valence-electron chi connectivity index (χ4n) is 4.14. The molecule has 11 nitrogen and oxygen atoms in total. The fraction of sp³-hybridized carbons (Fsp3) is 0.320. The Morgan fingerprint density at radius 1 is 1.11 bits per heavy atom. The van der Waals surface area contributed by atoms with E-state index in [9.17, 15) is 4.79 Å². The Kier molecular flexibility index (Phi) is 6.63. The molecule has 11 heteroatoms. The number of aromatic nitrogens is 5. The van der Waals surface area contributed by atoms with Crippen molar-refractivity contribution in [1.82, 2.24) is 29.8 Å². The summed E-state index contributed by atoms with van der Waals surface area (Å²) in [6.45, 7) is 1.92. The molecule has 36 heavy (non-hydrogen) atoms. The van der Waals surface area contributed by atoms with Crippen LogP contribution in [0.25, 0.3) is 22.3 Å². The van der Waals surface area contributed by atoms with Gasteiger partial charge in [-0.05, 0) is 50.2 Å². The number of esters is 1. The average Bonchev–Trinajstić information content (AvgIpc) is 3.30. The van der Waals surface area contributed by atoms with E-state index in [1.165, 1.54) is 14.2 Å². The zero-order chi connectivity index (χ0) is 25.1. The molecule has 1 aliphatic rings. The van der Waals surface area contributed by atoms with Crippen LogP contribution >= 0.6 is 0 Å². The number of methoxy groups -OCH3 is 2. The van der Waals surface area contributed by atoms with Gasteiger partial charge in [0.15, 0.2) is 11.5 Å². The van der Waals surface area contributed by atoms with Crippen molar-refractivity contribution in [1.29, 1.82) is 0 Å². The monoisotopic (exact) mass is 489 g/mol. The lowest BCUT2D eigenvalue weighted by molar-refractivity contribution is 0.0595. The van der Waals surface area contributed by atoms with Crippen molar-refractivity contribution >= 4 is 28.5 Å². The Morgan fingerprint density at radius 2 is 1.89 bits per heavy atom. The van der Waals surface area contributed by atoms with E-state index < -0.39 is 5.97 Å². The normalized spacial score (nSPS) is 14.0. The van der Waals surface area contributed by atoms with Crippen molar-refractivity contribution in [2.45, 2.75) is 18.9 Å². The van der Waals surface area contributed by atoms with Crippen LogP contribution in [-0.4, -0.2) is 63.9 Å². The van der Waals surface area contributed by atoms with Crippen molar-refractivity contribution in [2.75, 3.05) is 32.6 Å². The summed E-state index contributed by atoms with van der Waals surface area (Å²) in [6, 6.07) is 7.49. The summed E-state index contributed by atoms with van der Waals surface area (Å²) < 4.78 is 18.5. The van der Waals surface area contributed by atoms with E-state index in [-0.39, 0.29) is 23.5 Å². The number of anilines is 2. The lowest BCUT2D eigenvalue weighted by Crippen LogP contribution is -2.34. The Labute approximate surface area is 207 Å². The molecule has 3 aromatic heterocycles. The quantitative estimate of drug-likeness (QED) is 0.374. The number of carbonyl (C=O) groups is 1. The van der Waals surface area contributed by atoms with Crippen LogP contribution in [0.2, 0.25) is 0 Å². The minimum atomic E-state index is -0.638. The third-order valence-electron chi connectivity index (χ3n) is 6.04. The molecule has 0 atom stereocenters. The number of hydrogen-bond donors (Lipinski definition) is 2. The molecule has 1 saturated heterocycles. The summed E-state index contributed by atoms with van der Waals surface area (Å²) in [5.74, 6) is 0.572. The van der Waals surface area contributed by atoms with Gasteiger partial charge in [0.25, 0.3) is 0 Å². The lowest BCUT2D eigenvalue weighted by Gasteiger charge is -2.23. The number of ether oxygens (including phenoxy) is 3. The molecule has 186 valence electrons. The highest BCUT2D eigenvalue weighted by Crippen LogP contribution is 2.34. The highest BCUT2D eigenvalue weighted by molar-refractivity contribution is 5.96. The molecule has 1 fully saturated rings. The van der Waals surface area contributed by atoms with Gasteiger partial charge in [0.05, 0.1) is 37.8 Å². The Morgan fingerprint density at radius 3 is 2.61 bits per heavy atom. The first-order valence-electron chi connectivity index (χ1n) is 11.6. The summed E-state index contributed by atoms with van der Waals surface area (Å²) in [5.41, 5.74) is 3.12. The van der Waals surface area contributed by atoms with Gasteiger partial charge in [-0.25, -0.2) is 14.8 Å². The summed E-state index contributed by atoms with van der Waals surface area (Å²) in [4.78, 5) is 30.6. The van der Waals surface area contributed by atoms with Gasteiger partial charge in [0.2, 0.25) is 5.88 Å². The fourth-order valence-corrected chi connectivity index (χ4v) is 4.14. The molecule has 5 rings (SSSR count). The highest BCUT2D eigenvalue weighted by atomic mass is 16.5. The molecule has 4 heterocycles. The predicted molar refractivity (Wildman–Crippen MR) is 134 cm³/mol. The van der Waals surface area contributed by atoms with Gasteiger partial charge in [-0.2, -0.15) is 4.98 Å². The van der Waals surface area contributed by atoms with E-state index in [2.05, 4.69) is 30.6 Å². The largest absolute Gasteiger partial charge is 0.490 e. The van der Waals surface area contributed by atoms with Crippen LogP contribution in [0.1, 0.15) is 23.3 Å². The van der Waals surface area contributed by atoms with Crippen molar-refractivity contribution < 1.29 is 19.0 Å². The molecular weight excluding hydrogens is 462 g/mol. The summed E-state index contributed by atoms with van der Waals surface area (Å²) in [7, 11) is 4.67. The van der Waals surface area contributed by atoms with Crippen LogP contribution in [0.4, 0.5) is 11.5 Å². The minimum Gasteiger partial charge on any atom is -0.490 e. The zero-order valence-corrected chi connectivity index (χ0v) is 20.3. The first-order chi connectivity index (χ1) is 17.6.